The summed E-state index contributed by atoms with van der Waals surface area (Å²) in [5.41, 5.74) is 8.52. The molecule has 48 heavy (non-hydrogen) atoms. The summed E-state index contributed by atoms with van der Waals surface area (Å²) in [6.07, 6.45) is 9.83. The predicted octanol–water partition coefficient (Wildman–Crippen LogP) is 10.0. The molecule has 6 aromatic rings. The third kappa shape index (κ3) is 5.75. The molecule has 8 rings (SSSR count). The van der Waals surface area contributed by atoms with E-state index in [1.54, 1.807) is 36.4 Å². The van der Waals surface area contributed by atoms with Crippen molar-refractivity contribution in [2.24, 2.45) is 0 Å². The maximum absolute atomic E-state index is 13.9. The van der Waals surface area contributed by atoms with Crippen molar-refractivity contribution in [3.8, 4) is 22.3 Å². The molecule has 2 saturated carbocycles. The van der Waals surface area contributed by atoms with Gasteiger partial charge in [0, 0.05) is 10.8 Å². The van der Waals surface area contributed by atoms with Crippen molar-refractivity contribution in [3.05, 3.63) is 143 Å². The molecule has 0 amide bonds. The van der Waals surface area contributed by atoms with Gasteiger partial charge in [0.1, 0.15) is 11.6 Å². The van der Waals surface area contributed by atoms with Gasteiger partial charge < -0.3 is 0 Å². The number of carbonyl (C=O) groups is 2. The minimum Gasteiger partial charge on any atom is -0.286 e. The summed E-state index contributed by atoms with van der Waals surface area (Å²) in [7, 11) is 0. The Kier molecular flexibility index (Phi) is 7.56. The van der Waals surface area contributed by atoms with E-state index in [1.165, 1.54) is 36.4 Å². The molecule has 234 valence electrons. The first-order valence-corrected chi connectivity index (χ1v) is 16.3. The number of para-hydroxylation sites is 2. The van der Waals surface area contributed by atoms with Gasteiger partial charge in [-0.05, 0) is 132 Å². The number of halogens is 2. The summed E-state index contributed by atoms with van der Waals surface area (Å²) in [5, 5.41) is 1.92. The molecule has 4 nitrogen and oxygen atoms in total. The smallest absolute Gasteiger partial charge is 0.225 e. The second-order valence-corrected chi connectivity index (χ2v) is 12.6. The number of fused-ring (bicyclic) bond motifs is 2. The lowest BCUT2D eigenvalue weighted by atomic mass is 9.91. The fourth-order valence-electron chi connectivity index (χ4n) is 6.64. The monoisotopic (exact) mass is 632 g/mol. The van der Waals surface area contributed by atoms with E-state index in [2.05, 4.69) is 0 Å². The second-order valence-electron chi connectivity index (χ2n) is 12.6. The van der Waals surface area contributed by atoms with E-state index in [-0.39, 0.29) is 23.5 Å². The van der Waals surface area contributed by atoms with Gasteiger partial charge >= 0.3 is 0 Å². The first-order valence-electron chi connectivity index (χ1n) is 16.3. The number of ketones is 2. The van der Waals surface area contributed by atoms with Gasteiger partial charge in [-0.1, -0.05) is 60.7 Å². The van der Waals surface area contributed by atoms with Gasteiger partial charge in [-0.2, -0.15) is 0 Å². The van der Waals surface area contributed by atoms with Crippen LogP contribution in [0.4, 0.5) is 8.78 Å². The van der Waals surface area contributed by atoms with Crippen LogP contribution in [0.25, 0.3) is 56.2 Å². The lowest BCUT2D eigenvalue weighted by molar-refractivity contribution is -0.130. The van der Waals surface area contributed by atoms with E-state index in [0.717, 1.165) is 80.9 Å². The topological polar surface area (TPSA) is 59.9 Å². The molecule has 0 spiro atoms. The Morgan fingerprint density at radius 2 is 0.917 bits per heavy atom. The number of nitrogens with zero attached hydrogens (tertiary/aromatic N) is 2. The SMILES string of the molecule is O=C(/C=C/c1nc2ccccc2c(-c2ccc(F)cc2)c1C1CC1)C(=O)/C=C/c1nc2ccccc2c(-c2ccc(F)cc2)c1C1CC1. The minimum atomic E-state index is -0.668. The summed E-state index contributed by atoms with van der Waals surface area (Å²) in [4.78, 5) is 36.3. The number of carbonyl (C=O) groups excluding carboxylic acids is 2. The molecule has 2 fully saturated rings. The van der Waals surface area contributed by atoms with Crippen LogP contribution in [0.1, 0.15) is 60.0 Å². The zero-order valence-electron chi connectivity index (χ0n) is 26.0. The van der Waals surface area contributed by atoms with Crippen molar-refractivity contribution in [1.82, 2.24) is 9.97 Å². The van der Waals surface area contributed by atoms with Gasteiger partial charge in [0.15, 0.2) is 0 Å². The molecule has 0 aliphatic heterocycles. The molecular weight excluding hydrogens is 602 g/mol. The van der Waals surface area contributed by atoms with Crippen LogP contribution in [0.2, 0.25) is 0 Å². The van der Waals surface area contributed by atoms with Gasteiger partial charge in [-0.15, -0.1) is 0 Å². The zero-order valence-corrected chi connectivity index (χ0v) is 26.0. The van der Waals surface area contributed by atoms with Crippen LogP contribution in [-0.4, -0.2) is 21.5 Å². The number of hydrogen-bond donors (Lipinski definition) is 0. The molecule has 0 unspecified atom stereocenters. The third-order valence-corrected chi connectivity index (χ3v) is 9.18. The molecule has 2 aromatic heterocycles. The number of allylic oxidation sites excluding steroid dienone is 2. The van der Waals surface area contributed by atoms with Crippen molar-refractivity contribution in [1.29, 1.82) is 0 Å². The van der Waals surface area contributed by atoms with Crippen LogP contribution < -0.4 is 0 Å². The average Bonchev–Trinajstić information content (AvgIpc) is 4.04. The molecule has 6 heteroatoms. The standard InChI is InChI=1S/C42H30F2N2O2/c43-29-17-13-25(14-18-29)39-31-5-1-3-7-33(31)45-35(41(39)27-9-10-27)21-23-37(47)38(48)24-22-36-42(28-11-12-28)40(26-15-19-30(44)20-16-26)32-6-2-4-8-34(32)46-36/h1-8,13-24,27-28H,9-12H2/b23-21+,24-22+. The van der Waals surface area contributed by atoms with Crippen LogP contribution in [0.15, 0.2) is 109 Å². The summed E-state index contributed by atoms with van der Waals surface area (Å²) >= 11 is 0. The van der Waals surface area contributed by atoms with Gasteiger partial charge in [-0.25, -0.2) is 18.7 Å². The fraction of sp³-hybridized carbons (Fsp3) is 0.143. The Labute approximate surface area is 276 Å². The number of rotatable bonds is 9. The van der Waals surface area contributed by atoms with E-state index in [0.29, 0.717) is 11.4 Å². The average molecular weight is 633 g/mol. The van der Waals surface area contributed by atoms with E-state index >= 15 is 0 Å². The van der Waals surface area contributed by atoms with Crippen molar-refractivity contribution < 1.29 is 18.4 Å². The van der Waals surface area contributed by atoms with E-state index in [1.807, 2.05) is 48.5 Å². The first kappa shape index (κ1) is 29.8. The van der Waals surface area contributed by atoms with Crippen LogP contribution in [-0.2, 0) is 9.59 Å². The van der Waals surface area contributed by atoms with Crippen LogP contribution in [0.3, 0.4) is 0 Å². The quantitative estimate of drug-likeness (QED) is 0.118. The van der Waals surface area contributed by atoms with Crippen molar-refractivity contribution in [3.63, 3.8) is 0 Å². The third-order valence-electron chi connectivity index (χ3n) is 9.18. The molecule has 0 bridgehead atoms. The number of hydrogen-bond acceptors (Lipinski definition) is 4. The van der Waals surface area contributed by atoms with E-state index < -0.39 is 11.6 Å². The Morgan fingerprint density at radius 1 is 0.542 bits per heavy atom. The number of benzene rings is 4. The zero-order chi connectivity index (χ0) is 32.8. The van der Waals surface area contributed by atoms with Gasteiger partial charge in [0.25, 0.3) is 0 Å². The molecule has 4 aromatic carbocycles. The molecule has 0 N–H and O–H groups in total. The molecule has 2 heterocycles. The highest BCUT2D eigenvalue weighted by molar-refractivity contribution is 6.46. The molecule has 0 radical (unpaired) electrons. The number of pyridine rings is 2. The minimum absolute atomic E-state index is 0.266. The van der Waals surface area contributed by atoms with Crippen molar-refractivity contribution >= 4 is 45.5 Å². The summed E-state index contributed by atoms with van der Waals surface area (Å²) in [5.74, 6) is -1.42. The largest absolute Gasteiger partial charge is 0.286 e. The summed E-state index contributed by atoms with van der Waals surface area (Å²) < 4.78 is 27.7. The second kappa shape index (κ2) is 12.2. The summed E-state index contributed by atoms with van der Waals surface area (Å²) in [6.45, 7) is 0. The van der Waals surface area contributed by atoms with Crippen LogP contribution in [0, 0.1) is 11.6 Å². The maximum atomic E-state index is 13.9. The van der Waals surface area contributed by atoms with E-state index in [9.17, 15) is 18.4 Å². The van der Waals surface area contributed by atoms with Crippen molar-refractivity contribution in [2.45, 2.75) is 37.5 Å². The molecule has 2 aliphatic carbocycles. The Morgan fingerprint density at radius 3 is 1.29 bits per heavy atom. The number of aromatic nitrogens is 2. The Balaban J connectivity index is 1.15. The Bertz CT molecular complexity index is 2130. The Hall–Kier alpha value is -5.62. The maximum Gasteiger partial charge on any atom is 0.225 e. The van der Waals surface area contributed by atoms with Crippen LogP contribution in [0.5, 0.6) is 0 Å². The molecule has 0 atom stereocenters. The van der Waals surface area contributed by atoms with Gasteiger partial charge in [-0.3, -0.25) is 9.59 Å². The van der Waals surface area contributed by atoms with Gasteiger partial charge in [0.05, 0.1) is 22.4 Å². The molecular formula is C42H30F2N2O2. The molecule has 2 aliphatic rings. The first-order chi connectivity index (χ1) is 23.4. The van der Waals surface area contributed by atoms with Crippen LogP contribution >= 0.6 is 0 Å². The fourth-order valence-corrected chi connectivity index (χ4v) is 6.64. The highest BCUT2D eigenvalue weighted by Gasteiger charge is 2.32. The lowest BCUT2D eigenvalue weighted by Crippen LogP contribution is -2.08. The van der Waals surface area contributed by atoms with E-state index in [4.69, 9.17) is 9.97 Å². The predicted molar refractivity (Wildman–Crippen MR) is 186 cm³/mol. The van der Waals surface area contributed by atoms with Gasteiger partial charge in [0.2, 0.25) is 11.6 Å². The highest BCUT2D eigenvalue weighted by atomic mass is 19.1. The highest BCUT2D eigenvalue weighted by Crippen LogP contribution is 2.49. The lowest BCUT2D eigenvalue weighted by Gasteiger charge is -2.16. The normalized spacial score (nSPS) is 14.8. The molecule has 0 saturated heterocycles. The summed E-state index contributed by atoms with van der Waals surface area (Å²) in [6, 6.07) is 28.5. The van der Waals surface area contributed by atoms with Crippen molar-refractivity contribution in [2.75, 3.05) is 0 Å².